The Labute approximate surface area is 108 Å². The van der Waals surface area contributed by atoms with E-state index in [0.29, 0.717) is 0 Å². The van der Waals surface area contributed by atoms with Crippen LogP contribution < -0.4 is 0 Å². The zero-order valence-electron chi connectivity index (χ0n) is 12.4. The normalized spacial score (nSPS) is 8.82. The number of aryl methyl sites for hydroxylation is 1. The summed E-state index contributed by atoms with van der Waals surface area (Å²) in [5.41, 5.74) is 3.72. The highest BCUT2D eigenvalue weighted by Crippen LogP contribution is 2.14. The molecule has 0 aliphatic rings. The lowest BCUT2D eigenvalue weighted by molar-refractivity contribution is 1.09. The van der Waals surface area contributed by atoms with Crippen LogP contribution in [-0.2, 0) is 0 Å². The second-order valence-electron chi connectivity index (χ2n) is 3.54. The highest BCUT2D eigenvalue weighted by molar-refractivity contribution is 5.64. The van der Waals surface area contributed by atoms with Crippen molar-refractivity contribution in [2.75, 3.05) is 0 Å². The Morgan fingerprint density at radius 1 is 1.12 bits per heavy atom. The first-order chi connectivity index (χ1) is 8.19. The molecule has 0 amide bonds. The SMILES string of the molecule is C=Cc1ccc(C)cc1/C=C\C.CC.CCC. The van der Waals surface area contributed by atoms with Crippen molar-refractivity contribution in [3.8, 4) is 0 Å². The van der Waals surface area contributed by atoms with Crippen molar-refractivity contribution in [3.63, 3.8) is 0 Å². The third-order valence-electron chi connectivity index (χ3n) is 1.81. The fraction of sp³-hybridized carbons (Fsp3) is 0.412. The van der Waals surface area contributed by atoms with E-state index in [1.54, 1.807) is 0 Å². The van der Waals surface area contributed by atoms with Crippen LogP contribution in [0.1, 0.15) is 57.7 Å². The molecule has 0 aromatic heterocycles. The summed E-state index contributed by atoms with van der Waals surface area (Å²) in [5.74, 6) is 0. The molecule has 0 spiro atoms. The van der Waals surface area contributed by atoms with Crippen LogP contribution >= 0.6 is 0 Å². The van der Waals surface area contributed by atoms with Gasteiger partial charge in [-0.25, -0.2) is 0 Å². The van der Waals surface area contributed by atoms with E-state index in [2.05, 4.69) is 51.6 Å². The number of rotatable bonds is 2. The number of hydrogen-bond acceptors (Lipinski definition) is 0. The summed E-state index contributed by atoms with van der Waals surface area (Å²) in [5, 5.41) is 0. The van der Waals surface area contributed by atoms with Crippen LogP contribution in [0.15, 0.2) is 30.9 Å². The van der Waals surface area contributed by atoms with Crippen LogP contribution in [0.25, 0.3) is 12.2 Å². The molecular weight excluding hydrogens is 204 g/mol. The molecule has 0 N–H and O–H groups in total. The number of benzene rings is 1. The Morgan fingerprint density at radius 3 is 2.06 bits per heavy atom. The molecule has 96 valence electrons. The summed E-state index contributed by atoms with van der Waals surface area (Å²) in [6.45, 7) is 16.1. The third-order valence-corrected chi connectivity index (χ3v) is 1.81. The Kier molecular flexibility index (Phi) is 13.6. The molecule has 0 saturated heterocycles. The maximum absolute atomic E-state index is 3.77. The first-order valence-electron chi connectivity index (χ1n) is 6.55. The second-order valence-corrected chi connectivity index (χ2v) is 3.54. The smallest absolute Gasteiger partial charge is 0.0185 e. The molecule has 0 heterocycles. The van der Waals surface area contributed by atoms with E-state index >= 15 is 0 Å². The zero-order chi connectivity index (χ0) is 13.7. The lowest BCUT2D eigenvalue weighted by Gasteiger charge is -2.01. The largest absolute Gasteiger partial charge is 0.0984 e. The average Bonchev–Trinajstić information content (AvgIpc) is 2.33. The third kappa shape index (κ3) is 8.50. The van der Waals surface area contributed by atoms with Crippen molar-refractivity contribution in [2.24, 2.45) is 0 Å². The van der Waals surface area contributed by atoms with Gasteiger partial charge in [0.05, 0.1) is 0 Å². The summed E-state index contributed by atoms with van der Waals surface area (Å²) in [7, 11) is 0. The van der Waals surface area contributed by atoms with E-state index in [1.165, 1.54) is 23.1 Å². The Balaban J connectivity index is 0. The zero-order valence-corrected chi connectivity index (χ0v) is 12.4. The molecule has 1 aromatic rings. The minimum atomic E-state index is 1.19. The fourth-order valence-corrected chi connectivity index (χ4v) is 1.20. The second kappa shape index (κ2) is 12.8. The van der Waals surface area contributed by atoms with Gasteiger partial charge in [-0.2, -0.15) is 0 Å². The molecular formula is C17H28. The molecule has 0 unspecified atom stereocenters. The molecule has 0 heteroatoms. The van der Waals surface area contributed by atoms with Crippen LogP contribution in [0.5, 0.6) is 0 Å². The van der Waals surface area contributed by atoms with E-state index in [0.717, 1.165) is 0 Å². The number of allylic oxidation sites excluding steroid dienone is 1. The molecule has 0 fully saturated rings. The maximum atomic E-state index is 3.77. The van der Waals surface area contributed by atoms with Gasteiger partial charge in [0, 0.05) is 0 Å². The van der Waals surface area contributed by atoms with Gasteiger partial charge in [0.25, 0.3) is 0 Å². The molecule has 0 aliphatic heterocycles. The maximum Gasteiger partial charge on any atom is -0.0185 e. The topological polar surface area (TPSA) is 0 Å². The minimum absolute atomic E-state index is 1.19. The minimum Gasteiger partial charge on any atom is -0.0984 e. The summed E-state index contributed by atoms with van der Waals surface area (Å²) >= 11 is 0. The van der Waals surface area contributed by atoms with Gasteiger partial charge in [-0.05, 0) is 25.0 Å². The van der Waals surface area contributed by atoms with Crippen LogP contribution in [0.3, 0.4) is 0 Å². The predicted molar refractivity (Wildman–Crippen MR) is 83.3 cm³/mol. The summed E-state index contributed by atoms with van der Waals surface area (Å²) in [4.78, 5) is 0. The standard InChI is InChI=1S/C12H14.C3H8.C2H6/c1-4-6-12-9-10(3)7-8-11(12)5-2;1-3-2;1-2/h4-9H,2H2,1,3H3;3H2,1-2H3;1-2H3/b6-4-;;. The fourth-order valence-electron chi connectivity index (χ4n) is 1.20. The van der Waals surface area contributed by atoms with Crippen LogP contribution in [0.2, 0.25) is 0 Å². The van der Waals surface area contributed by atoms with Gasteiger partial charge in [0.2, 0.25) is 0 Å². The van der Waals surface area contributed by atoms with Gasteiger partial charge in [-0.3, -0.25) is 0 Å². The first-order valence-corrected chi connectivity index (χ1v) is 6.55. The molecule has 1 aromatic carbocycles. The molecule has 0 bridgehead atoms. The molecule has 0 aliphatic carbocycles. The molecule has 0 nitrogen and oxygen atoms in total. The van der Waals surface area contributed by atoms with Crippen molar-refractivity contribution < 1.29 is 0 Å². The van der Waals surface area contributed by atoms with E-state index in [-0.39, 0.29) is 0 Å². The van der Waals surface area contributed by atoms with E-state index < -0.39 is 0 Å². The van der Waals surface area contributed by atoms with Crippen molar-refractivity contribution in [1.29, 1.82) is 0 Å². The van der Waals surface area contributed by atoms with Gasteiger partial charge in [-0.1, -0.05) is 82.7 Å². The quantitative estimate of drug-likeness (QED) is 0.576. The molecule has 0 radical (unpaired) electrons. The number of hydrogen-bond donors (Lipinski definition) is 0. The lowest BCUT2D eigenvalue weighted by atomic mass is 10.0. The monoisotopic (exact) mass is 232 g/mol. The van der Waals surface area contributed by atoms with Crippen molar-refractivity contribution in [2.45, 2.75) is 48.0 Å². The van der Waals surface area contributed by atoms with Crippen LogP contribution in [0, 0.1) is 6.92 Å². The van der Waals surface area contributed by atoms with Gasteiger partial charge in [-0.15, -0.1) is 0 Å². The van der Waals surface area contributed by atoms with Crippen LogP contribution in [-0.4, -0.2) is 0 Å². The Hall–Kier alpha value is -1.30. The van der Waals surface area contributed by atoms with Crippen molar-refractivity contribution >= 4 is 12.2 Å². The molecule has 1 rings (SSSR count). The van der Waals surface area contributed by atoms with Gasteiger partial charge in [0.15, 0.2) is 0 Å². The molecule has 0 saturated carbocycles. The van der Waals surface area contributed by atoms with Crippen molar-refractivity contribution in [3.05, 3.63) is 47.5 Å². The Bertz CT molecular complexity index is 319. The first kappa shape index (κ1) is 18.1. The molecule has 17 heavy (non-hydrogen) atoms. The average molecular weight is 232 g/mol. The van der Waals surface area contributed by atoms with Gasteiger partial charge < -0.3 is 0 Å². The van der Waals surface area contributed by atoms with Crippen molar-refractivity contribution in [1.82, 2.24) is 0 Å². The highest BCUT2D eigenvalue weighted by Gasteiger charge is 1.94. The molecule has 0 atom stereocenters. The summed E-state index contributed by atoms with van der Waals surface area (Å²) in [6, 6.07) is 6.36. The lowest BCUT2D eigenvalue weighted by Crippen LogP contribution is -1.81. The summed E-state index contributed by atoms with van der Waals surface area (Å²) in [6.07, 6.45) is 7.28. The van der Waals surface area contributed by atoms with Crippen LogP contribution in [0.4, 0.5) is 0 Å². The van der Waals surface area contributed by atoms with E-state index in [9.17, 15) is 0 Å². The van der Waals surface area contributed by atoms with E-state index in [1.807, 2.05) is 32.9 Å². The predicted octanol–water partition coefficient (Wildman–Crippen LogP) is 6.11. The van der Waals surface area contributed by atoms with E-state index in [4.69, 9.17) is 0 Å². The Morgan fingerprint density at radius 2 is 1.65 bits per heavy atom. The van der Waals surface area contributed by atoms with Gasteiger partial charge in [0.1, 0.15) is 0 Å². The summed E-state index contributed by atoms with van der Waals surface area (Å²) < 4.78 is 0. The van der Waals surface area contributed by atoms with Gasteiger partial charge >= 0.3 is 0 Å². The highest BCUT2D eigenvalue weighted by atomic mass is 14.0.